The topological polar surface area (TPSA) is 76.0 Å². The van der Waals surface area contributed by atoms with Gasteiger partial charge in [0.2, 0.25) is 0 Å². The lowest BCUT2D eigenvalue weighted by Crippen LogP contribution is -1.99. The average Bonchev–Trinajstić information content (AvgIpc) is 2.29. The molecule has 0 radical (unpaired) electrons. The maximum atomic E-state index is 10.6. The molecule has 0 fully saturated rings. The number of nitrogens with zero attached hydrogens (tertiary/aromatic N) is 3. The van der Waals surface area contributed by atoms with Crippen molar-refractivity contribution in [2.45, 2.75) is 6.92 Å². The molecule has 2 rings (SSSR count). The summed E-state index contributed by atoms with van der Waals surface area (Å²) in [5.74, 6) is -0.560. The molecule has 2 aromatic heterocycles. The maximum absolute atomic E-state index is 10.6. The highest BCUT2D eigenvalue weighted by atomic mass is 16.4. The SMILES string of the molecule is Cc1cncc(-c2ncc(C(=O)O)cn2)c1. The number of aryl methyl sites for hydroxylation is 1. The number of pyridine rings is 1. The molecule has 0 spiro atoms. The van der Waals surface area contributed by atoms with E-state index < -0.39 is 5.97 Å². The van der Waals surface area contributed by atoms with Gasteiger partial charge < -0.3 is 5.11 Å². The van der Waals surface area contributed by atoms with Crippen LogP contribution in [0.4, 0.5) is 0 Å². The molecule has 0 aliphatic rings. The van der Waals surface area contributed by atoms with Crippen LogP contribution in [0.25, 0.3) is 11.4 Å². The summed E-state index contributed by atoms with van der Waals surface area (Å²) in [6.45, 7) is 1.92. The molecule has 0 atom stereocenters. The van der Waals surface area contributed by atoms with Gasteiger partial charge in [0.25, 0.3) is 0 Å². The van der Waals surface area contributed by atoms with Crippen molar-refractivity contribution in [1.82, 2.24) is 15.0 Å². The highest BCUT2D eigenvalue weighted by Crippen LogP contribution is 2.13. The van der Waals surface area contributed by atoms with Crippen LogP contribution >= 0.6 is 0 Å². The molecule has 2 aromatic rings. The van der Waals surface area contributed by atoms with E-state index in [0.717, 1.165) is 11.1 Å². The summed E-state index contributed by atoms with van der Waals surface area (Å²) in [7, 11) is 0. The van der Waals surface area contributed by atoms with Crippen molar-refractivity contribution in [1.29, 1.82) is 0 Å². The summed E-state index contributed by atoms with van der Waals surface area (Å²) >= 11 is 0. The first-order chi connectivity index (χ1) is 7.66. The van der Waals surface area contributed by atoms with E-state index in [2.05, 4.69) is 15.0 Å². The summed E-state index contributed by atoms with van der Waals surface area (Å²) < 4.78 is 0. The quantitative estimate of drug-likeness (QED) is 0.822. The second kappa shape index (κ2) is 4.06. The van der Waals surface area contributed by atoms with Crippen LogP contribution in [-0.2, 0) is 0 Å². The van der Waals surface area contributed by atoms with Crippen LogP contribution in [0.15, 0.2) is 30.9 Å². The fourth-order valence-corrected chi connectivity index (χ4v) is 1.26. The van der Waals surface area contributed by atoms with Crippen LogP contribution in [0.2, 0.25) is 0 Å². The van der Waals surface area contributed by atoms with Crippen molar-refractivity contribution in [2.24, 2.45) is 0 Å². The van der Waals surface area contributed by atoms with Crippen LogP contribution in [0.1, 0.15) is 15.9 Å². The van der Waals surface area contributed by atoms with E-state index in [4.69, 9.17) is 5.11 Å². The second-order valence-electron chi connectivity index (χ2n) is 3.35. The number of rotatable bonds is 2. The Balaban J connectivity index is 2.38. The van der Waals surface area contributed by atoms with Gasteiger partial charge in [-0.05, 0) is 18.6 Å². The summed E-state index contributed by atoms with van der Waals surface area (Å²) in [5, 5.41) is 8.70. The maximum Gasteiger partial charge on any atom is 0.338 e. The van der Waals surface area contributed by atoms with Crippen molar-refractivity contribution < 1.29 is 9.90 Å². The minimum Gasteiger partial charge on any atom is -0.478 e. The van der Waals surface area contributed by atoms with Crippen LogP contribution in [0.3, 0.4) is 0 Å². The van der Waals surface area contributed by atoms with Gasteiger partial charge in [-0.1, -0.05) is 0 Å². The Kier molecular flexibility index (Phi) is 2.59. The molecule has 1 N–H and O–H groups in total. The lowest BCUT2D eigenvalue weighted by Gasteiger charge is -2.00. The number of carbonyl (C=O) groups is 1. The van der Waals surface area contributed by atoms with E-state index >= 15 is 0 Å². The molecule has 0 aromatic carbocycles. The average molecular weight is 215 g/mol. The molecule has 80 valence electrons. The molecular weight excluding hydrogens is 206 g/mol. The molecule has 16 heavy (non-hydrogen) atoms. The molecule has 0 unspecified atom stereocenters. The van der Waals surface area contributed by atoms with Gasteiger partial charge >= 0.3 is 5.97 Å². The first-order valence-electron chi connectivity index (χ1n) is 4.64. The third-order valence-corrected chi connectivity index (χ3v) is 2.03. The normalized spacial score (nSPS) is 10.1. The van der Waals surface area contributed by atoms with Crippen LogP contribution < -0.4 is 0 Å². The van der Waals surface area contributed by atoms with Gasteiger partial charge in [0.15, 0.2) is 5.82 Å². The lowest BCUT2D eigenvalue weighted by molar-refractivity contribution is 0.0696. The minimum atomic E-state index is -1.03. The van der Waals surface area contributed by atoms with Gasteiger partial charge in [-0.2, -0.15) is 0 Å². The highest BCUT2D eigenvalue weighted by Gasteiger charge is 2.06. The van der Waals surface area contributed by atoms with Crippen LogP contribution in [-0.4, -0.2) is 26.0 Å². The van der Waals surface area contributed by atoms with E-state index in [0.29, 0.717) is 5.82 Å². The monoisotopic (exact) mass is 215 g/mol. The van der Waals surface area contributed by atoms with E-state index in [-0.39, 0.29) is 5.56 Å². The molecule has 0 saturated carbocycles. The van der Waals surface area contributed by atoms with Crippen LogP contribution in [0.5, 0.6) is 0 Å². The zero-order chi connectivity index (χ0) is 11.5. The smallest absolute Gasteiger partial charge is 0.338 e. The van der Waals surface area contributed by atoms with E-state index in [1.807, 2.05) is 13.0 Å². The molecule has 0 bridgehead atoms. The van der Waals surface area contributed by atoms with Crippen molar-refractivity contribution in [2.75, 3.05) is 0 Å². The Morgan fingerprint density at radius 2 is 1.88 bits per heavy atom. The van der Waals surface area contributed by atoms with Crippen molar-refractivity contribution in [3.8, 4) is 11.4 Å². The Morgan fingerprint density at radius 1 is 1.19 bits per heavy atom. The third-order valence-electron chi connectivity index (χ3n) is 2.03. The van der Waals surface area contributed by atoms with Crippen molar-refractivity contribution >= 4 is 5.97 Å². The Labute approximate surface area is 91.8 Å². The number of carboxylic acids is 1. The van der Waals surface area contributed by atoms with E-state index in [1.54, 1.807) is 12.4 Å². The number of hydrogen-bond donors (Lipinski definition) is 1. The summed E-state index contributed by atoms with van der Waals surface area (Å²) in [5.41, 5.74) is 1.85. The lowest BCUT2D eigenvalue weighted by atomic mass is 10.2. The van der Waals surface area contributed by atoms with E-state index in [1.165, 1.54) is 12.4 Å². The van der Waals surface area contributed by atoms with Gasteiger partial charge in [-0.25, -0.2) is 14.8 Å². The van der Waals surface area contributed by atoms with Crippen molar-refractivity contribution in [3.63, 3.8) is 0 Å². The zero-order valence-corrected chi connectivity index (χ0v) is 8.58. The summed E-state index contributed by atoms with van der Waals surface area (Å²) in [4.78, 5) is 22.6. The second-order valence-corrected chi connectivity index (χ2v) is 3.35. The largest absolute Gasteiger partial charge is 0.478 e. The van der Waals surface area contributed by atoms with E-state index in [9.17, 15) is 4.79 Å². The third kappa shape index (κ3) is 2.03. The van der Waals surface area contributed by atoms with Crippen LogP contribution in [0, 0.1) is 6.92 Å². The molecule has 5 heteroatoms. The molecular formula is C11H9N3O2. The van der Waals surface area contributed by atoms with Crippen molar-refractivity contribution in [3.05, 3.63) is 42.0 Å². The molecule has 0 saturated heterocycles. The van der Waals surface area contributed by atoms with Gasteiger partial charge in [0, 0.05) is 30.4 Å². The van der Waals surface area contributed by atoms with Gasteiger partial charge in [0.1, 0.15) is 0 Å². The first kappa shape index (κ1) is 10.2. The predicted octanol–water partition coefficient (Wildman–Crippen LogP) is 1.55. The minimum absolute atomic E-state index is 0.0735. The Hall–Kier alpha value is -2.30. The number of aromatic carboxylic acids is 1. The van der Waals surface area contributed by atoms with Gasteiger partial charge in [0.05, 0.1) is 5.56 Å². The van der Waals surface area contributed by atoms with Gasteiger partial charge in [-0.15, -0.1) is 0 Å². The molecule has 2 heterocycles. The molecule has 0 aliphatic heterocycles. The Bertz CT molecular complexity index is 523. The molecule has 0 amide bonds. The fourth-order valence-electron chi connectivity index (χ4n) is 1.26. The first-order valence-corrected chi connectivity index (χ1v) is 4.64. The highest BCUT2D eigenvalue weighted by molar-refractivity contribution is 5.86. The standard InChI is InChI=1S/C11H9N3O2/c1-7-2-8(4-12-3-7)10-13-5-9(6-14-10)11(15)16/h2-6H,1H3,(H,15,16). The Morgan fingerprint density at radius 3 is 2.44 bits per heavy atom. The molecule has 0 aliphatic carbocycles. The molecule has 5 nitrogen and oxygen atoms in total. The number of carboxylic acid groups (broad SMARTS) is 1. The summed E-state index contributed by atoms with van der Waals surface area (Å²) in [6.07, 6.45) is 5.94. The fraction of sp³-hybridized carbons (Fsp3) is 0.0909. The number of hydrogen-bond acceptors (Lipinski definition) is 4. The predicted molar refractivity (Wildman–Crippen MR) is 57.0 cm³/mol. The zero-order valence-electron chi connectivity index (χ0n) is 8.58. The van der Waals surface area contributed by atoms with Gasteiger partial charge in [-0.3, -0.25) is 4.98 Å². The number of aromatic nitrogens is 3. The summed E-state index contributed by atoms with van der Waals surface area (Å²) in [6, 6.07) is 1.89.